The molecule has 0 saturated carbocycles. The molecule has 17 heteroatoms. The Bertz CT molecular complexity index is 1320. The third-order valence-electron chi connectivity index (χ3n) is 5.74. The number of nitrogens with two attached hydrogens (primary N) is 1. The van der Waals surface area contributed by atoms with E-state index in [9.17, 15) is 29.9 Å². The number of hydrogen-bond donors (Lipinski definition) is 4. The topological polar surface area (TPSA) is 233 Å². The van der Waals surface area contributed by atoms with E-state index >= 15 is 0 Å². The van der Waals surface area contributed by atoms with Gasteiger partial charge in [-0.1, -0.05) is 37.2 Å². The number of rotatable bonds is 13. The molecule has 0 aliphatic carbocycles. The Labute approximate surface area is 229 Å². The van der Waals surface area contributed by atoms with E-state index in [2.05, 4.69) is 20.1 Å². The highest BCUT2D eigenvalue weighted by Crippen LogP contribution is 2.48. The quantitative estimate of drug-likeness (QED) is 0.0872. The zero-order chi connectivity index (χ0) is 29.5. The fourth-order valence-corrected chi connectivity index (χ4v) is 5.44. The molecule has 3 rings (SSSR count). The molecule has 0 amide bonds. The highest BCUT2D eigenvalue weighted by atomic mass is 31.2. The van der Waals surface area contributed by atoms with E-state index in [1.54, 1.807) is 25.1 Å². The molecule has 1 aliphatic rings. The summed E-state index contributed by atoms with van der Waals surface area (Å²) < 4.78 is 36.9. The van der Waals surface area contributed by atoms with Crippen molar-refractivity contribution in [3.05, 3.63) is 63.5 Å². The molecule has 1 fully saturated rings. The number of ether oxygens (including phenoxy) is 2. The number of carbonyl (C=O) groups excluding carboxylic acids is 1. The monoisotopic (exact) mass is 581 g/mol. The first-order chi connectivity index (χ1) is 18.9. The molecule has 218 valence electrons. The smallest absolute Gasteiger partial charge is 0.459 e. The Morgan fingerprint density at radius 3 is 2.65 bits per heavy atom. The molecule has 2 unspecified atom stereocenters. The molecule has 1 saturated heterocycles. The van der Waals surface area contributed by atoms with Crippen LogP contribution < -0.4 is 21.0 Å². The number of anilines is 1. The maximum atomic E-state index is 14.0. The van der Waals surface area contributed by atoms with Crippen LogP contribution in [0.15, 0.2) is 52.5 Å². The van der Waals surface area contributed by atoms with Crippen molar-refractivity contribution in [2.24, 2.45) is 11.0 Å². The van der Waals surface area contributed by atoms with Crippen LogP contribution in [0.4, 0.5) is 5.82 Å². The van der Waals surface area contributed by atoms with Crippen LogP contribution in [0.5, 0.6) is 5.75 Å². The number of para-hydroxylation sites is 1. The lowest BCUT2D eigenvalue weighted by atomic mass is 10.1. The van der Waals surface area contributed by atoms with Gasteiger partial charge in [-0.3, -0.25) is 13.9 Å². The standard InChI is InChI=1S/C23H32N7O9P/c1-4-36-21(33)16(12-14(2)3)27-40(35,39-15-8-6-5-7-9-15)37-13-23(28-29-25)19(32)18(31)20(38-23)30-11-10-17(24)26-22(30)34/h5-11,14,16,18-20,31-32H,4,12-13H2,1-3H3,(H,27,35)(H2,24,26,34)/t16-,18+,19-,20+,23?,40?/m0/s1. The first-order valence-corrected chi connectivity index (χ1v) is 13.9. The van der Waals surface area contributed by atoms with Gasteiger partial charge in [0, 0.05) is 11.1 Å². The minimum absolute atomic E-state index is 0.0377. The number of aromatic nitrogens is 2. The molecule has 2 aromatic rings. The van der Waals surface area contributed by atoms with Crippen molar-refractivity contribution in [1.82, 2.24) is 14.6 Å². The summed E-state index contributed by atoms with van der Waals surface area (Å²) in [6, 6.07) is 8.03. The van der Waals surface area contributed by atoms with E-state index in [1.807, 2.05) is 13.8 Å². The molecule has 1 aromatic carbocycles. The molecule has 40 heavy (non-hydrogen) atoms. The molecule has 0 spiro atoms. The van der Waals surface area contributed by atoms with Crippen molar-refractivity contribution in [1.29, 1.82) is 0 Å². The third-order valence-corrected chi connectivity index (χ3v) is 7.29. The van der Waals surface area contributed by atoms with Gasteiger partial charge >= 0.3 is 19.4 Å². The summed E-state index contributed by atoms with van der Waals surface area (Å²) >= 11 is 0. The number of nitrogens with one attached hydrogen (secondary N) is 1. The Morgan fingerprint density at radius 1 is 1.35 bits per heavy atom. The number of aliphatic hydroxyl groups excluding tert-OH is 2. The maximum Gasteiger partial charge on any atom is 0.459 e. The lowest BCUT2D eigenvalue weighted by Gasteiger charge is -2.30. The van der Waals surface area contributed by atoms with Crippen LogP contribution in [0, 0.1) is 5.92 Å². The second kappa shape index (κ2) is 13.2. The fraction of sp³-hybridized carbons (Fsp3) is 0.522. The summed E-state index contributed by atoms with van der Waals surface area (Å²) in [5.41, 5.74) is 11.5. The molecule has 0 bridgehead atoms. The van der Waals surface area contributed by atoms with Crippen LogP contribution >= 0.6 is 7.75 Å². The van der Waals surface area contributed by atoms with Gasteiger partial charge in [-0.25, -0.2) is 9.36 Å². The number of esters is 1. The summed E-state index contributed by atoms with van der Waals surface area (Å²) in [5.74, 6) is -0.733. The molecule has 2 heterocycles. The Hall–Kier alpha value is -3.49. The number of carbonyl (C=O) groups is 1. The first kappa shape index (κ1) is 31.0. The van der Waals surface area contributed by atoms with Crippen LogP contribution in [-0.4, -0.2) is 62.9 Å². The number of nitrogens with zero attached hydrogens (tertiary/aromatic N) is 5. The molecule has 1 aromatic heterocycles. The molecule has 1 aliphatic heterocycles. The van der Waals surface area contributed by atoms with Crippen molar-refractivity contribution in [3.63, 3.8) is 0 Å². The molecular formula is C23H32N7O9P. The van der Waals surface area contributed by atoms with E-state index in [1.165, 1.54) is 24.4 Å². The normalized spacial score (nSPS) is 24.6. The van der Waals surface area contributed by atoms with Gasteiger partial charge in [0.25, 0.3) is 0 Å². The molecule has 5 N–H and O–H groups in total. The van der Waals surface area contributed by atoms with E-state index in [-0.39, 0.29) is 30.5 Å². The van der Waals surface area contributed by atoms with Crippen molar-refractivity contribution >= 4 is 19.5 Å². The summed E-state index contributed by atoms with van der Waals surface area (Å²) in [5, 5.41) is 27.6. The molecule has 6 atom stereocenters. The fourth-order valence-electron chi connectivity index (χ4n) is 3.91. The van der Waals surface area contributed by atoms with Gasteiger partial charge < -0.3 is 29.9 Å². The van der Waals surface area contributed by atoms with Gasteiger partial charge in [-0.05, 0) is 43.0 Å². The number of benzene rings is 1. The highest BCUT2D eigenvalue weighted by molar-refractivity contribution is 7.52. The lowest BCUT2D eigenvalue weighted by Crippen LogP contribution is -2.46. The second-order valence-corrected chi connectivity index (χ2v) is 11.0. The number of azide groups is 1. The number of hydrogen-bond acceptors (Lipinski definition) is 12. The van der Waals surface area contributed by atoms with Crippen molar-refractivity contribution in [3.8, 4) is 5.75 Å². The van der Waals surface area contributed by atoms with Gasteiger partial charge in [0.05, 0.1) is 13.2 Å². The van der Waals surface area contributed by atoms with Crippen LogP contribution in [0.25, 0.3) is 10.4 Å². The van der Waals surface area contributed by atoms with Crippen molar-refractivity contribution in [2.75, 3.05) is 18.9 Å². The predicted octanol–water partition coefficient (Wildman–Crippen LogP) is 1.85. The van der Waals surface area contributed by atoms with Gasteiger partial charge in [0.1, 0.15) is 29.8 Å². The van der Waals surface area contributed by atoms with Gasteiger partial charge in [-0.15, -0.1) is 0 Å². The van der Waals surface area contributed by atoms with Gasteiger partial charge in [-0.2, -0.15) is 10.1 Å². The molecule has 0 radical (unpaired) electrons. The lowest BCUT2D eigenvalue weighted by molar-refractivity contribution is -0.145. The van der Waals surface area contributed by atoms with Crippen LogP contribution in [0.3, 0.4) is 0 Å². The summed E-state index contributed by atoms with van der Waals surface area (Å²) in [6.07, 6.45) is -3.99. The SMILES string of the molecule is CCOC(=O)[C@H](CC(C)C)NP(=O)(OCC1(N=[N+]=[N-])O[C@@H](n2ccc(N)nc2=O)[C@H](O)[C@@H]1O)Oc1ccccc1. The Morgan fingerprint density at radius 2 is 2.05 bits per heavy atom. The van der Waals surface area contributed by atoms with E-state index in [0.717, 1.165) is 4.57 Å². The van der Waals surface area contributed by atoms with E-state index < -0.39 is 56.2 Å². The highest BCUT2D eigenvalue weighted by Gasteiger charge is 2.56. The summed E-state index contributed by atoms with van der Waals surface area (Å²) in [7, 11) is -4.51. The first-order valence-electron chi connectivity index (χ1n) is 12.3. The Kier molecular flexibility index (Phi) is 10.3. The van der Waals surface area contributed by atoms with Crippen LogP contribution in [-0.2, 0) is 23.4 Å². The zero-order valence-electron chi connectivity index (χ0n) is 22.1. The van der Waals surface area contributed by atoms with Gasteiger partial charge in [0.2, 0.25) is 5.72 Å². The molecular weight excluding hydrogens is 549 g/mol. The molecule has 16 nitrogen and oxygen atoms in total. The zero-order valence-corrected chi connectivity index (χ0v) is 23.0. The van der Waals surface area contributed by atoms with Crippen LogP contribution in [0.1, 0.15) is 33.4 Å². The summed E-state index contributed by atoms with van der Waals surface area (Å²) in [6.45, 7) is 4.43. The Balaban J connectivity index is 1.95. The number of aliphatic hydroxyl groups is 2. The average Bonchev–Trinajstić information content (AvgIpc) is 3.13. The maximum absolute atomic E-state index is 14.0. The number of nitrogen functional groups attached to an aromatic ring is 1. The van der Waals surface area contributed by atoms with E-state index in [4.69, 9.17) is 24.3 Å². The average molecular weight is 582 g/mol. The van der Waals surface area contributed by atoms with Crippen LogP contribution in [0.2, 0.25) is 0 Å². The van der Waals surface area contributed by atoms with Crippen molar-refractivity contribution in [2.45, 2.75) is 57.4 Å². The summed E-state index contributed by atoms with van der Waals surface area (Å²) in [4.78, 5) is 31.2. The van der Waals surface area contributed by atoms with E-state index in [0.29, 0.717) is 0 Å². The minimum atomic E-state index is -4.51. The third kappa shape index (κ3) is 7.37. The largest absolute Gasteiger partial charge is 0.465 e. The minimum Gasteiger partial charge on any atom is -0.465 e. The predicted molar refractivity (Wildman–Crippen MR) is 141 cm³/mol. The second-order valence-electron chi connectivity index (χ2n) is 9.26. The van der Waals surface area contributed by atoms with Gasteiger partial charge in [0.15, 0.2) is 6.23 Å². The van der Waals surface area contributed by atoms with Crippen molar-refractivity contribution < 1.29 is 38.1 Å².